The van der Waals surface area contributed by atoms with Crippen LogP contribution >= 0.6 is 0 Å². The molecule has 1 aromatic carbocycles. The van der Waals surface area contributed by atoms with E-state index in [4.69, 9.17) is 0 Å². The van der Waals surface area contributed by atoms with Crippen molar-refractivity contribution in [3.63, 3.8) is 0 Å². The molecule has 1 saturated carbocycles. The molecule has 0 radical (unpaired) electrons. The molecule has 2 atom stereocenters. The summed E-state index contributed by atoms with van der Waals surface area (Å²) in [6.07, 6.45) is 8.09. The molecule has 1 aromatic heterocycles. The molecule has 2 aliphatic rings. The number of halogens is 1. The second-order valence-electron chi connectivity index (χ2n) is 7.85. The van der Waals surface area contributed by atoms with Gasteiger partial charge in [0.25, 0.3) is 5.91 Å². The van der Waals surface area contributed by atoms with E-state index in [0.29, 0.717) is 18.2 Å². The average molecular weight is 386 g/mol. The molecule has 7 nitrogen and oxygen atoms in total. The lowest BCUT2D eigenvalue weighted by Crippen LogP contribution is -2.33. The maximum absolute atomic E-state index is 13.2. The molecule has 0 spiro atoms. The fraction of sp³-hybridized carbons (Fsp3) is 0.550. The van der Waals surface area contributed by atoms with Crippen LogP contribution in [-0.4, -0.2) is 34.0 Å². The predicted octanol–water partition coefficient (Wildman–Crippen LogP) is 2.19. The Morgan fingerprint density at radius 3 is 2.79 bits per heavy atom. The standard InChI is InChI=1S/C20H27FN6O/c21-17-8-6-15(7-9-17)19-16(11-23-25-19)10-22-20(28)18-13-27(26-24-18)12-14-4-2-1-3-5-14/h6-9,13-14,16,19,23,25H,1-5,10-12H2,(H,22,28). The van der Waals surface area contributed by atoms with Crippen LogP contribution in [0.5, 0.6) is 0 Å². The maximum atomic E-state index is 13.2. The summed E-state index contributed by atoms with van der Waals surface area (Å²) in [4.78, 5) is 12.5. The number of nitrogens with one attached hydrogen (secondary N) is 3. The first kappa shape index (κ1) is 19.0. The van der Waals surface area contributed by atoms with Gasteiger partial charge >= 0.3 is 0 Å². The highest BCUT2D eigenvalue weighted by molar-refractivity contribution is 5.91. The molecule has 1 amide bonds. The van der Waals surface area contributed by atoms with E-state index in [1.54, 1.807) is 23.0 Å². The lowest BCUT2D eigenvalue weighted by molar-refractivity contribution is 0.0941. The summed E-state index contributed by atoms with van der Waals surface area (Å²) in [7, 11) is 0. The molecule has 2 heterocycles. The van der Waals surface area contributed by atoms with Gasteiger partial charge in [0.2, 0.25) is 0 Å². The lowest BCUT2D eigenvalue weighted by atomic mass is 9.89. The quantitative estimate of drug-likeness (QED) is 0.709. The summed E-state index contributed by atoms with van der Waals surface area (Å²) < 4.78 is 15.0. The molecule has 28 heavy (non-hydrogen) atoms. The number of carbonyl (C=O) groups excluding carboxylic acids is 1. The third kappa shape index (κ3) is 4.56. The number of hydrogen-bond donors (Lipinski definition) is 3. The Morgan fingerprint density at radius 1 is 1.21 bits per heavy atom. The van der Waals surface area contributed by atoms with Crippen molar-refractivity contribution in [2.75, 3.05) is 13.1 Å². The van der Waals surface area contributed by atoms with Crippen LogP contribution in [0.25, 0.3) is 0 Å². The van der Waals surface area contributed by atoms with Crippen molar-refractivity contribution in [1.82, 2.24) is 31.2 Å². The number of nitrogens with zero attached hydrogens (tertiary/aromatic N) is 3. The van der Waals surface area contributed by atoms with Crippen LogP contribution in [0, 0.1) is 17.7 Å². The van der Waals surface area contributed by atoms with E-state index in [9.17, 15) is 9.18 Å². The number of rotatable bonds is 6. The van der Waals surface area contributed by atoms with Gasteiger partial charge in [-0.25, -0.2) is 9.82 Å². The van der Waals surface area contributed by atoms with Gasteiger partial charge in [0.1, 0.15) is 5.82 Å². The molecule has 4 rings (SSSR count). The summed E-state index contributed by atoms with van der Waals surface area (Å²) in [6.45, 7) is 2.05. The van der Waals surface area contributed by atoms with Gasteiger partial charge in [-0.15, -0.1) is 5.10 Å². The van der Waals surface area contributed by atoms with Gasteiger partial charge in [0.15, 0.2) is 5.69 Å². The van der Waals surface area contributed by atoms with Crippen molar-refractivity contribution in [1.29, 1.82) is 0 Å². The van der Waals surface area contributed by atoms with Crippen molar-refractivity contribution in [3.8, 4) is 0 Å². The van der Waals surface area contributed by atoms with Gasteiger partial charge in [-0.05, 0) is 36.5 Å². The molecule has 150 valence electrons. The van der Waals surface area contributed by atoms with Crippen molar-refractivity contribution >= 4 is 5.91 Å². The van der Waals surface area contributed by atoms with Crippen LogP contribution in [0.2, 0.25) is 0 Å². The largest absolute Gasteiger partial charge is 0.350 e. The normalized spacial score (nSPS) is 23.0. The Labute approximate surface area is 164 Å². The van der Waals surface area contributed by atoms with Crippen LogP contribution in [0.4, 0.5) is 4.39 Å². The van der Waals surface area contributed by atoms with Crippen LogP contribution < -0.4 is 16.2 Å². The highest BCUT2D eigenvalue weighted by Crippen LogP contribution is 2.25. The Kier molecular flexibility index (Phi) is 5.97. The zero-order valence-corrected chi connectivity index (χ0v) is 15.9. The summed E-state index contributed by atoms with van der Waals surface area (Å²) >= 11 is 0. The first-order valence-corrected chi connectivity index (χ1v) is 10.1. The number of benzene rings is 1. The van der Waals surface area contributed by atoms with Crippen LogP contribution in [0.1, 0.15) is 54.2 Å². The number of aromatic nitrogens is 3. The topological polar surface area (TPSA) is 83.9 Å². The van der Waals surface area contributed by atoms with E-state index in [1.165, 1.54) is 44.2 Å². The molecule has 8 heteroatoms. The molecule has 0 bridgehead atoms. The second-order valence-corrected chi connectivity index (χ2v) is 7.85. The molecular formula is C20H27FN6O. The van der Waals surface area contributed by atoms with Gasteiger partial charge in [-0.2, -0.15) is 0 Å². The average Bonchev–Trinajstić information content (AvgIpc) is 3.37. The van der Waals surface area contributed by atoms with Crippen LogP contribution in [-0.2, 0) is 6.54 Å². The number of carbonyl (C=O) groups is 1. The Morgan fingerprint density at radius 2 is 2.00 bits per heavy atom. The van der Waals surface area contributed by atoms with Gasteiger partial charge < -0.3 is 5.32 Å². The van der Waals surface area contributed by atoms with Crippen molar-refractivity contribution in [3.05, 3.63) is 47.5 Å². The monoisotopic (exact) mass is 386 g/mol. The second kappa shape index (κ2) is 8.79. The molecule has 1 saturated heterocycles. The van der Waals surface area contributed by atoms with Gasteiger partial charge in [-0.1, -0.05) is 36.6 Å². The van der Waals surface area contributed by atoms with Gasteiger partial charge in [0.05, 0.1) is 12.2 Å². The third-order valence-electron chi connectivity index (χ3n) is 5.79. The van der Waals surface area contributed by atoms with Crippen molar-refractivity contribution in [2.24, 2.45) is 11.8 Å². The van der Waals surface area contributed by atoms with Crippen LogP contribution in [0.15, 0.2) is 30.5 Å². The molecule has 3 N–H and O–H groups in total. The fourth-order valence-corrected chi connectivity index (χ4v) is 4.19. The predicted molar refractivity (Wildman–Crippen MR) is 103 cm³/mol. The number of hydrazine groups is 1. The van der Waals surface area contributed by atoms with Gasteiger partial charge in [0, 0.05) is 25.6 Å². The number of amides is 1. The lowest BCUT2D eigenvalue weighted by Gasteiger charge is -2.20. The SMILES string of the molecule is O=C(NCC1CNNC1c1ccc(F)cc1)c1cn(CC2CCCCC2)nn1. The molecule has 2 aromatic rings. The van der Waals surface area contributed by atoms with E-state index in [2.05, 4.69) is 26.5 Å². The fourth-order valence-electron chi connectivity index (χ4n) is 4.19. The molecule has 2 unspecified atom stereocenters. The first-order valence-electron chi connectivity index (χ1n) is 10.1. The van der Waals surface area contributed by atoms with E-state index in [-0.39, 0.29) is 23.7 Å². The Hall–Kier alpha value is -2.32. The van der Waals surface area contributed by atoms with Gasteiger partial charge in [-0.3, -0.25) is 14.9 Å². The van der Waals surface area contributed by atoms with E-state index >= 15 is 0 Å². The van der Waals surface area contributed by atoms with Crippen LogP contribution in [0.3, 0.4) is 0 Å². The highest BCUT2D eigenvalue weighted by Gasteiger charge is 2.29. The van der Waals surface area contributed by atoms with Crippen molar-refractivity contribution in [2.45, 2.75) is 44.7 Å². The summed E-state index contributed by atoms with van der Waals surface area (Å²) in [6, 6.07) is 6.46. The first-order chi connectivity index (χ1) is 13.7. The molecular weight excluding hydrogens is 359 g/mol. The summed E-state index contributed by atoms with van der Waals surface area (Å²) in [5.41, 5.74) is 7.67. The zero-order chi connectivity index (χ0) is 19.3. The van der Waals surface area contributed by atoms with E-state index in [1.807, 2.05) is 0 Å². The number of hydrogen-bond acceptors (Lipinski definition) is 5. The summed E-state index contributed by atoms with van der Waals surface area (Å²) in [5.74, 6) is 0.334. The highest BCUT2D eigenvalue weighted by atomic mass is 19.1. The minimum atomic E-state index is -0.254. The minimum absolute atomic E-state index is 0.0166. The molecule has 1 aliphatic carbocycles. The van der Waals surface area contributed by atoms with Crippen molar-refractivity contribution < 1.29 is 9.18 Å². The zero-order valence-electron chi connectivity index (χ0n) is 15.9. The minimum Gasteiger partial charge on any atom is -0.350 e. The molecule has 2 fully saturated rings. The summed E-state index contributed by atoms with van der Waals surface area (Å²) in [5, 5.41) is 11.1. The van der Waals surface area contributed by atoms with E-state index < -0.39 is 0 Å². The third-order valence-corrected chi connectivity index (χ3v) is 5.79. The Balaban J connectivity index is 1.30. The van der Waals surface area contributed by atoms with E-state index in [0.717, 1.165) is 18.7 Å². The Bertz CT molecular complexity index is 786. The smallest absolute Gasteiger partial charge is 0.273 e. The maximum Gasteiger partial charge on any atom is 0.273 e. The molecule has 1 aliphatic heterocycles.